The third kappa shape index (κ3) is 16.1. The molecule has 1 aliphatic rings. The Labute approximate surface area is 289 Å². The molecule has 274 valence electrons. The number of rotatable bonds is 11. The molecule has 4 atom stereocenters. The van der Waals surface area contributed by atoms with Gasteiger partial charge in [-0.15, -0.1) is 0 Å². The van der Waals surface area contributed by atoms with Gasteiger partial charge in [0.05, 0.1) is 6.42 Å². The molecule has 5 amide bonds. The molecule has 15 nitrogen and oxygen atoms in total. The van der Waals surface area contributed by atoms with Crippen LogP contribution in [0.4, 0.5) is 0 Å². The second-order valence-corrected chi connectivity index (χ2v) is 13.0. The maximum absolute atomic E-state index is 13.5. The first-order chi connectivity index (χ1) is 23.4. The van der Waals surface area contributed by atoms with E-state index >= 15 is 0 Å². The van der Waals surface area contributed by atoms with E-state index in [1.165, 1.54) is 0 Å². The first-order valence-corrected chi connectivity index (χ1v) is 17.5. The summed E-state index contributed by atoms with van der Waals surface area (Å²) in [7, 11) is 0. The second-order valence-electron chi connectivity index (χ2n) is 13.0. The fourth-order valence-electron chi connectivity index (χ4n) is 5.59. The fraction of sp³-hybridized carbons (Fsp3) is 0.647. The molecule has 1 aromatic carbocycles. The zero-order valence-electron chi connectivity index (χ0n) is 29.1. The molecule has 0 aromatic heterocycles. The van der Waals surface area contributed by atoms with Gasteiger partial charge in [-0.3, -0.25) is 24.0 Å². The molecule has 2 rings (SSSR count). The van der Waals surface area contributed by atoms with Gasteiger partial charge in [-0.25, -0.2) is 4.99 Å². The monoisotopic (exact) mass is 686 g/mol. The lowest BCUT2D eigenvalue weighted by Crippen LogP contribution is -2.54. The average molecular weight is 687 g/mol. The Morgan fingerprint density at radius 2 is 1.39 bits per heavy atom. The van der Waals surface area contributed by atoms with E-state index in [4.69, 9.17) is 22.9 Å². The van der Waals surface area contributed by atoms with Crippen LogP contribution in [0.25, 0.3) is 0 Å². The third-order valence-electron chi connectivity index (χ3n) is 8.15. The quantitative estimate of drug-likeness (QED) is 0.0828. The molecule has 15 heteroatoms. The molecule has 0 radical (unpaired) electrons. The molecule has 13 N–H and O–H groups in total. The van der Waals surface area contributed by atoms with Crippen LogP contribution < -0.4 is 49.5 Å². The van der Waals surface area contributed by atoms with Gasteiger partial charge in [-0.1, -0.05) is 38.1 Å². The lowest BCUT2D eigenvalue weighted by atomic mass is 10.0. The molecule has 1 aromatic rings. The highest BCUT2D eigenvalue weighted by Crippen LogP contribution is 2.12. The van der Waals surface area contributed by atoms with Crippen molar-refractivity contribution in [3.63, 3.8) is 0 Å². The van der Waals surface area contributed by atoms with E-state index in [9.17, 15) is 24.0 Å². The molecular formula is C34H58N10O5. The topological polar surface area (TPSA) is 262 Å². The number of fused-ring (bicyclic) bond motifs is 2. The number of amides is 5. The predicted molar refractivity (Wildman–Crippen MR) is 190 cm³/mol. The number of nitrogens with two attached hydrogens (primary N) is 4. The normalized spacial score (nSPS) is 22.3. The summed E-state index contributed by atoms with van der Waals surface area (Å²) in [5.41, 5.74) is 24.1. The lowest BCUT2D eigenvalue weighted by molar-refractivity contribution is -0.132. The van der Waals surface area contributed by atoms with E-state index in [-0.39, 0.29) is 55.5 Å². The molecule has 0 saturated heterocycles. The van der Waals surface area contributed by atoms with Crippen molar-refractivity contribution in [1.29, 1.82) is 0 Å². The second kappa shape index (κ2) is 22.4. The number of benzene rings is 1. The number of nitrogens with one attached hydrogen (secondary N) is 5. The smallest absolute Gasteiger partial charge is 0.245 e. The highest BCUT2D eigenvalue weighted by molar-refractivity contribution is 5.93. The molecule has 2 bridgehead atoms. The minimum absolute atomic E-state index is 0.00107. The Morgan fingerprint density at radius 3 is 2.02 bits per heavy atom. The Morgan fingerprint density at radius 1 is 0.776 bits per heavy atom. The summed E-state index contributed by atoms with van der Waals surface area (Å²) in [5.74, 6) is -2.14. The minimum atomic E-state index is -0.925. The van der Waals surface area contributed by atoms with Crippen molar-refractivity contribution in [2.45, 2.75) is 115 Å². The van der Waals surface area contributed by atoms with Crippen LogP contribution in [0.2, 0.25) is 0 Å². The lowest BCUT2D eigenvalue weighted by Gasteiger charge is -2.23. The number of unbranched alkanes of at least 4 members (excludes halogenated alkanes) is 2. The summed E-state index contributed by atoms with van der Waals surface area (Å²) >= 11 is 0. The summed E-state index contributed by atoms with van der Waals surface area (Å²) in [6, 6.07) is 3.78. The number of hydrogen-bond donors (Lipinski definition) is 9. The SMILES string of the molecule is CC(C)C[C@H]1NC(=O)[C@H](N=C(N)N)CCCCNC(=O)[C@H](CCCCN)NC(=O)[C@H](CCCCN)NC(=O)Cc2cccc(c2)CNC1=O. The van der Waals surface area contributed by atoms with Gasteiger partial charge in [0.15, 0.2) is 5.96 Å². The summed E-state index contributed by atoms with van der Waals surface area (Å²) in [6.07, 6.45) is 5.01. The van der Waals surface area contributed by atoms with Gasteiger partial charge in [0, 0.05) is 13.1 Å². The van der Waals surface area contributed by atoms with Crippen LogP contribution in [0.3, 0.4) is 0 Å². The van der Waals surface area contributed by atoms with Gasteiger partial charge >= 0.3 is 0 Å². The Bertz CT molecular complexity index is 1250. The standard InChI is InChI=1S/C34H58N10O5/c1-22(2)18-28-31(47)40-21-24-11-9-10-23(19-24)20-29(45)41-26(13-4-7-16-36)32(48)42-25(12-3-6-15-35)30(46)39-17-8-5-14-27(33(49)43-28)44-34(37)38/h9-11,19,22,25-28H,3-8,12-18,20-21,35-36H2,1-2H3,(H,39,46)(H,40,47)(H,41,45)(H,42,48)(H,43,49)(H4,37,38,44)/t25-,26-,27+,28+/m0/s1. The van der Waals surface area contributed by atoms with Gasteiger partial charge in [-0.2, -0.15) is 0 Å². The number of nitrogens with zero attached hydrogens (tertiary/aromatic N) is 1. The van der Waals surface area contributed by atoms with Crippen LogP contribution >= 0.6 is 0 Å². The largest absolute Gasteiger partial charge is 0.370 e. The average Bonchev–Trinajstić information content (AvgIpc) is 3.04. The highest BCUT2D eigenvalue weighted by atomic mass is 16.2. The van der Waals surface area contributed by atoms with Crippen LogP contribution in [-0.2, 0) is 36.9 Å². The van der Waals surface area contributed by atoms with Gasteiger partial charge < -0.3 is 49.5 Å². The Kier molecular flexibility index (Phi) is 18.7. The number of aliphatic imine (C=N–C) groups is 1. The minimum Gasteiger partial charge on any atom is -0.370 e. The molecule has 0 fully saturated rings. The van der Waals surface area contributed by atoms with Gasteiger partial charge in [0.1, 0.15) is 24.2 Å². The van der Waals surface area contributed by atoms with Gasteiger partial charge in [0.2, 0.25) is 29.5 Å². The number of guanidine groups is 1. The Balaban J connectivity index is 2.38. The number of carbonyl (C=O) groups excluding carboxylic acids is 5. The van der Waals surface area contributed by atoms with Crippen LogP contribution in [0.1, 0.15) is 89.2 Å². The maximum atomic E-state index is 13.5. The van der Waals surface area contributed by atoms with E-state index in [1.807, 2.05) is 26.0 Å². The van der Waals surface area contributed by atoms with Crippen molar-refractivity contribution in [3.8, 4) is 0 Å². The zero-order chi connectivity index (χ0) is 36.2. The van der Waals surface area contributed by atoms with Crippen molar-refractivity contribution in [3.05, 3.63) is 35.4 Å². The number of carbonyl (C=O) groups is 5. The van der Waals surface area contributed by atoms with E-state index in [0.29, 0.717) is 76.4 Å². The summed E-state index contributed by atoms with van der Waals surface area (Å²) < 4.78 is 0. The first kappa shape index (κ1) is 40.9. The summed E-state index contributed by atoms with van der Waals surface area (Å²) in [5, 5.41) is 14.3. The molecule has 1 aliphatic heterocycles. The summed E-state index contributed by atoms with van der Waals surface area (Å²) in [4.78, 5) is 70.7. The molecule has 0 aliphatic carbocycles. The van der Waals surface area contributed by atoms with Crippen molar-refractivity contribution in [2.75, 3.05) is 19.6 Å². The van der Waals surface area contributed by atoms with Crippen molar-refractivity contribution >= 4 is 35.5 Å². The van der Waals surface area contributed by atoms with Crippen LogP contribution in [-0.4, -0.2) is 79.3 Å². The molecule has 0 spiro atoms. The van der Waals surface area contributed by atoms with E-state index in [1.54, 1.807) is 12.1 Å². The molecule has 0 unspecified atom stereocenters. The molecule has 1 heterocycles. The summed E-state index contributed by atoms with van der Waals surface area (Å²) in [6.45, 7) is 5.26. The zero-order valence-corrected chi connectivity index (χ0v) is 29.1. The maximum Gasteiger partial charge on any atom is 0.245 e. The van der Waals surface area contributed by atoms with Crippen molar-refractivity contribution < 1.29 is 24.0 Å². The van der Waals surface area contributed by atoms with Gasteiger partial charge in [-0.05, 0) is 94.3 Å². The van der Waals surface area contributed by atoms with Crippen molar-refractivity contribution in [1.82, 2.24) is 26.6 Å². The predicted octanol–water partition coefficient (Wildman–Crippen LogP) is -0.454. The fourth-order valence-corrected chi connectivity index (χ4v) is 5.59. The van der Waals surface area contributed by atoms with Crippen LogP contribution in [0.15, 0.2) is 29.3 Å². The van der Waals surface area contributed by atoms with Crippen LogP contribution in [0.5, 0.6) is 0 Å². The molecule has 49 heavy (non-hydrogen) atoms. The van der Waals surface area contributed by atoms with E-state index < -0.39 is 36.0 Å². The van der Waals surface area contributed by atoms with E-state index in [2.05, 4.69) is 31.6 Å². The molecule has 0 saturated carbocycles. The third-order valence-corrected chi connectivity index (χ3v) is 8.15. The first-order valence-electron chi connectivity index (χ1n) is 17.5. The van der Waals surface area contributed by atoms with E-state index in [0.717, 1.165) is 5.56 Å². The van der Waals surface area contributed by atoms with Gasteiger partial charge in [0.25, 0.3) is 0 Å². The van der Waals surface area contributed by atoms with Crippen LogP contribution in [0, 0.1) is 5.92 Å². The van der Waals surface area contributed by atoms with Crippen molar-refractivity contribution in [2.24, 2.45) is 33.8 Å². The highest BCUT2D eigenvalue weighted by Gasteiger charge is 2.28. The number of hydrogen-bond acceptors (Lipinski definition) is 8. The molecular weight excluding hydrogens is 628 g/mol. The Hall–Kier alpha value is -4.24.